The van der Waals surface area contributed by atoms with E-state index in [2.05, 4.69) is 0 Å². The highest BCUT2D eigenvalue weighted by molar-refractivity contribution is 5.86. The molecule has 1 heterocycles. The maximum absolute atomic E-state index is 13.1. The predicted octanol–water partition coefficient (Wildman–Crippen LogP) is 0.641. The summed E-state index contributed by atoms with van der Waals surface area (Å²) in [5.41, 5.74) is -3.56. The van der Waals surface area contributed by atoms with Gasteiger partial charge in [0, 0.05) is 18.3 Å². The second kappa shape index (κ2) is 4.68. The normalized spacial score (nSPS) is 10.6. The van der Waals surface area contributed by atoms with Crippen LogP contribution in [0.3, 0.4) is 0 Å². The molecule has 20 heavy (non-hydrogen) atoms. The Morgan fingerprint density at radius 2 is 1.70 bits per heavy atom. The molecule has 0 saturated carbocycles. The minimum Gasteiger partial charge on any atom is -0.477 e. The number of benzene rings is 1. The molecule has 0 unspecified atom stereocenters. The third-order valence-corrected chi connectivity index (χ3v) is 2.42. The van der Waals surface area contributed by atoms with E-state index in [4.69, 9.17) is 5.11 Å². The van der Waals surface area contributed by atoms with Crippen LogP contribution in [0.25, 0.3) is 5.69 Å². The van der Waals surface area contributed by atoms with Crippen molar-refractivity contribution in [3.63, 3.8) is 0 Å². The van der Waals surface area contributed by atoms with Gasteiger partial charge in [0.05, 0.1) is 5.69 Å². The topological polar surface area (TPSA) is 92.2 Å². The Hall–Kier alpha value is -2.84. The molecule has 0 aliphatic rings. The molecule has 0 bridgehead atoms. The lowest BCUT2D eigenvalue weighted by Gasteiger charge is -2.07. The number of hydrogen-bond acceptors (Lipinski definition) is 3. The summed E-state index contributed by atoms with van der Waals surface area (Å²) in [7, 11) is 0. The van der Waals surface area contributed by atoms with E-state index in [1.807, 2.05) is 0 Å². The molecule has 0 fully saturated rings. The van der Waals surface area contributed by atoms with Gasteiger partial charge in [-0.3, -0.25) is 14.3 Å². The summed E-state index contributed by atoms with van der Waals surface area (Å²) in [5, 5.41) is 8.74. The number of H-pyrrole nitrogens is 1. The number of aromatic amines is 1. The van der Waals surface area contributed by atoms with Crippen LogP contribution in [0.15, 0.2) is 27.9 Å². The fourth-order valence-electron chi connectivity index (χ4n) is 1.50. The average molecular weight is 286 g/mol. The number of carbonyl (C=O) groups is 1. The van der Waals surface area contributed by atoms with E-state index in [0.29, 0.717) is 22.9 Å². The van der Waals surface area contributed by atoms with Crippen molar-refractivity contribution in [3.8, 4) is 5.69 Å². The van der Waals surface area contributed by atoms with Crippen LogP contribution < -0.4 is 11.2 Å². The summed E-state index contributed by atoms with van der Waals surface area (Å²) in [6.07, 6.45) is 0.593. The molecule has 1 aromatic heterocycles. The molecule has 0 saturated heterocycles. The van der Waals surface area contributed by atoms with Gasteiger partial charge in [0.25, 0.3) is 5.56 Å². The third kappa shape index (κ3) is 2.20. The number of halogens is 3. The smallest absolute Gasteiger partial charge is 0.342 e. The molecular formula is C11H5F3N2O4. The van der Waals surface area contributed by atoms with Crippen LogP contribution in [0.4, 0.5) is 13.2 Å². The van der Waals surface area contributed by atoms with Gasteiger partial charge in [-0.05, 0) is 0 Å². The van der Waals surface area contributed by atoms with Gasteiger partial charge in [-0.25, -0.2) is 22.8 Å². The van der Waals surface area contributed by atoms with Gasteiger partial charge in [0.15, 0.2) is 17.5 Å². The number of nitrogens with zero attached hydrogens (tertiary/aromatic N) is 1. The Labute approximate surface area is 107 Å². The van der Waals surface area contributed by atoms with E-state index in [9.17, 15) is 27.6 Å². The second-order valence-corrected chi connectivity index (χ2v) is 3.70. The van der Waals surface area contributed by atoms with E-state index >= 15 is 0 Å². The molecule has 2 rings (SSSR count). The van der Waals surface area contributed by atoms with E-state index in [1.165, 1.54) is 0 Å². The molecule has 6 nitrogen and oxygen atoms in total. The van der Waals surface area contributed by atoms with Crippen molar-refractivity contribution in [2.75, 3.05) is 0 Å². The zero-order chi connectivity index (χ0) is 15.0. The van der Waals surface area contributed by atoms with Crippen molar-refractivity contribution in [3.05, 3.63) is 62.2 Å². The summed E-state index contributed by atoms with van der Waals surface area (Å²) >= 11 is 0. The maximum Gasteiger partial charge on any atom is 0.342 e. The van der Waals surface area contributed by atoms with Crippen LogP contribution in [0.2, 0.25) is 0 Å². The third-order valence-electron chi connectivity index (χ3n) is 2.42. The van der Waals surface area contributed by atoms with E-state index < -0.39 is 45.9 Å². The van der Waals surface area contributed by atoms with E-state index in [0.717, 1.165) is 0 Å². The van der Waals surface area contributed by atoms with Crippen molar-refractivity contribution in [2.45, 2.75) is 0 Å². The zero-order valence-corrected chi connectivity index (χ0v) is 9.49. The minimum atomic E-state index is -1.73. The van der Waals surface area contributed by atoms with Crippen LogP contribution in [0.1, 0.15) is 10.4 Å². The molecular weight excluding hydrogens is 281 g/mol. The number of hydrogen-bond donors (Lipinski definition) is 2. The number of carboxylic acid groups (broad SMARTS) is 1. The summed E-state index contributed by atoms with van der Waals surface area (Å²) < 4.78 is 39.4. The van der Waals surface area contributed by atoms with E-state index in [-0.39, 0.29) is 0 Å². The van der Waals surface area contributed by atoms with Crippen molar-refractivity contribution in [1.82, 2.24) is 9.55 Å². The van der Waals surface area contributed by atoms with Gasteiger partial charge >= 0.3 is 11.7 Å². The molecule has 0 amide bonds. The van der Waals surface area contributed by atoms with Crippen LogP contribution in [-0.4, -0.2) is 20.6 Å². The van der Waals surface area contributed by atoms with Gasteiger partial charge in [0.1, 0.15) is 5.56 Å². The second-order valence-electron chi connectivity index (χ2n) is 3.70. The number of carboxylic acids is 1. The van der Waals surface area contributed by atoms with Gasteiger partial charge in [-0.15, -0.1) is 0 Å². The highest BCUT2D eigenvalue weighted by Gasteiger charge is 2.16. The Morgan fingerprint density at radius 3 is 2.20 bits per heavy atom. The van der Waals surface area contributed by atoms with Gasteiger partial charge in [0.2, 0.25) is 0 Å². The van der Waals surface area contributed by atoms with Gasteiger partial charge in [-0.1, -0.05) is 0 Å². The lowest BCUT2D eigenvalue weighted by atomic mass is 10.2. The number of aromatic carboxylic acids is 1. The molecule has 0 atom stereocenters. The largest absolute Gasteiger partial charge is 0.477 e. The van der Waals surface area contributed by atoms with Crippen LogP contribution >= 0.6 is 0 Å². The van der Waals surface area contributed by atoms with Gasteiger partial charge < -0.3 is 5.11 Å². The van der Waals surface area contributed by atoms with Crippen LogP contribution in [0.5, 0.6) is 0 Å². The summed E-state index contributed by atoms with van der Waals surface area (Å²) in [5.74, 6) is -6.49. The maximum atomic E-state index is 13.1. The molecule has 2 aromatic rings. The molecule has 9 heteroatoms. The molecule has 0 radical (unpaired) electrons. The van der Waals surface area contributed by atoms with E-state index in [1.54, 1.807) is 4.98 Å². The first-order chi connectivity index (χ1) is 9.31. The Bertz CT molecular complexity index is 802. The highest BCUT2D eigenvalue weighted by atomic mass is 19.2. The molecule has 1 aromatic carbocycles. The van der Waals surface area contributed by atoms with Crippen molar-refractivity contribution < 1.29 is 23.1 Å². The number of nitrogens with one attached hydrogen (secondary N) is 1. The Balaban J connectivity index is 2.76. The van der Waals surface area contributed by atoms with Crippen LogP contribution in [-0.2, 0) is 0 Å². The fourth-order valence-corrected chi connectivity index (χ4v) is 1.50. The summed E-state index contributed by atoms with van der Waals surface area (Å²) in [6, 6.07) is 0.980. The Kier molecular flexibility index (Phi) is 3.18. The average Bonchev–Trinajstić information content (AvgIpc) is 2.35. The first kappa shape index (κ1) is 13.6. The lowest BCUT2D eigenvalue weighted by molar-refractivity contribution is 0.0694. The van der Waals surface area contributed by atoms with Crippen LogP contribution in [0, 0.1) is 17.5 Å². The highest BCUT2D eigenvalue weighted by Crippen LogP contribution is 2.15. The SMILES string of the molecule is O=C(O)c1cn(-c2cc(F)c(F)c(F)c2)c(=O)[nH]c1=O. The van der Waals surface area contributed by atoms with Crippen molar-refractivity contribution in [1.29, 1.82) is 0 Å². The lowest BCUT2D eigenvalue weighted by Crippen LogP contribution is -2.32. The molecule has 2 N–H and O–H groups in total. The number of rotatable bonds is 2. The first-order valence-corrected chi connectivity index (χ1v) is 5.05. The standard InChI is InChI=1S/C11H5F3N2O4/c12-6-1-4(2-7(13)8(6)14)16-3-5(10(18)19)9(17)15-11(16)20/h1-3H,(H,18,19)(H,15,17,20). The Morgan fingerprint density at radius 1 is 1.15 bits per heavy atom. The molecule has 104 valence electrons. The van der Waals surface area contributed by atoms with Gasteiger partial charge in [-0.2, -0.15) is 0 Å². The quantitative estimate of drug-likeness (QED) is 0.792. The molecule has 0 spiro atoms. The molecule has 0 aliphatic heterocycles. The fraction of sp³-hybridized carbons (Fsp3) is 0. The monoisotopic (exact) mass is 286 g/mol. The number of aromatic nitrogens is 2. The summed E-state index contributed by atoms with van der Waals surface area (Å²) in [4.78, 5) is 35.1. The zero-order valence-electron chi connectivity index (χ0n) is 9.49. The van der Waals surface area contributed by atoms with Crippen molar-refractivity contribution in [2.24, 2.45) is 0 Å². The predicted molar refractivity (Wildman–Crippen MR) is 59.5 cm³/mol. The van der Waals surface area contributed by atoms with Crippen molar-refractivity contribution >= 4 is 5.97 Å². The summed E-state index contributed by atoms with van der Waals surface area (Å²) in [6.45, 7) is 0. The molecule has 0 aliphatic carbocycles. The first-order valence-electron chi connectivity index (χ1n) is 5.05. The minimum absolute atomic E-state index is 0.467.